The summed E-state index contributed by atoms with van der Waals surface area (Å²) < 4.78 is 0. The molecule has 21 heavy (non-hydrogen) atoms. The van der Waals surface area contributed by atoms with E-state index in [1.165, 1.54) is 0 Å². The van der Waals surface area contributed by atoms with E-state index in [0.717, 1.165) is 32.1 Å². The number of carboxylic acid groups (broad SMARTS) is 1. The first kappa shape index (κ1) is 19.4. The van der Waals surface area contributed by atoms with Crippen molar-refractivity contribution in [2.75, 3.05) is 0 Å². The van der Waals surface area contributed by atoms with E-state index in [1.54, 1.807) is 6.08 Å². The summed E-state index contributed by atoms with van der Waals surface area (Å²) in [7, 11) is 0. The van der Waals surface area contributed by atoms with Crippen LogP contribution in [0.1, 0.15) is 51.9 Å². The predicted molar refractivity (Wildman–Crippen MR) is 88.2 cm³/mol. The normalized spacial score (nSPS) is 14.0. The Morgan fingerprint density at radius 2 is 1.86 bits per heavy atom. The Morgan fingerprint density at radius 3 is 2.57 bits per heavy atom. The maximum absolute atomic E-state index is 10.3. The van der Waals surface area contributed by atoms with E-state index < -0.39 is 12.1 Å². The van der Waals surface area contributed by atoms with Crippen molar-refractivity contribution in [2.45, 2.75) is 58.0 Å². The third kappa shape index (κ3) is 16.3. The molecule has 0 aliphatic carbocycles. The van der Waals surface area contributed by atoms with E-state index in [1.807, 2.05) is 30.4 Å². The molecule has 2 N–H and O–H groups in total. The second kappa shape index (κ2) is 14.8. The monoisotopic (exact) mass is 292 g/mol. The summed E-state index contributed by atoms with van der Waals surface area (Å²) in [6, 6.07) is 0. The van der Waals surface area contributed by atoms with Crippen LogP contribution >= 0.6 is 0 Å². The number of aliphatic carboxylic acids is 1. The number of unbranched alkanes of at least 4 members (excludes halogenated alkanes) is 2. The summed E-state index contributed by atoms with van der Waals surface area (Å²) in [5.41, 5.74) is 0. The first-order valence-electron chi connectivity index (χ1n) is 7.70. The molecular weight excluding hydrogens is 264 g/mol. The molecule has 3 heteroatoms. The molecule has 1 unspecified atom stereocenters. The Morgan fingerprint density at radius 1 is 1.05 bits per heavy atom. The van der Waals surface area contributed by atoms with Crippen molar-refractivity contribution >= 4 is 5.97 Å². The Hall–Kier alpha value is -1.61. The zero-order valence-corrected chi connectivity index (χ0v) is 12.9. The van der Waals surface area contributed by atoms with Gasteiger partial charge in [0.2, 0.25) is 0 Å². The molecule has 0 spiro atoms. The van der Waals surface area contributed by atoms with Gasteiger partial charge in [-0.1, -0.05) is 55.5 Å². The van der Waals surface area contributed by atoms with Crippen LogP contribution in [0.15, 0.2) is 48.6 Å². The molecule has 0 saturated heterocycles. The van der Waals surface area contributed by atoms with Crippen LogP contribution in [0.25, 0.3) is 0 Å². The van der Waals surface area contributed by atoms with Crippen LogP contribution in [0.3, 0.4) is 0 Å². The number of hydrogen-bond donors (Lipinski definition) is 2. The average Bonchev–Trinajstić information content (AvgIpc) is 2.44. The van der Waals surface area contributed by atoms with Crippen molar-refractivity contribution in [1.29, 1.82) is 0 Å². The number of hydrogen-bond acceptors (Lipinski definition) is 2. The fourth-order valence-electron chi connectivity index (χ4n) is 1.66. The molecule has 0 amide bonds. The van der Waals surface area contributed by atoms with Gasteiger partial charge >= 0.3 is 5.97 Å². The van der Waals surface area contributed by atoms with Crippen LogP contribution in [-0.4, -0.2) is 22.3 Å². The summed E-state index contributed by atoms with van der Waals surface area (Å²) in [4.78, 5) is 10.3. The highest BCUT2D eigenvalue weighted by atomic mass is 16.4. The van der Waals surface area contributed by atoms with Gasteiger partial charge in [0.15, 0.2) is 0 Å². The summed E-state index contributed by atoms with van der Waals surface area (Å²) in [5, 5.41) is 18.1. The minimum atomic E-state index is -0.721. The quantitative estimate of drug-likeness (QED) is 0.318. The fourth-order valence-corrected chi connectivity index (χ4v) is 1.66. The molecular formula is C18H28O3. The van der Waals surface area contributed by atoms with Crippen molar-refractivity contribution < 1.29 is 15.0 Å². The van der Waals surface area contributed by atoms with Gasteiger partial charge in [-0.15, -0.1) is 0 Å². The number of carboxylic acids is 1. The topological polar surface area (TPSA) is 57.5 Å². The predicted octanol–water partition coefficient (Wildman–Crippen LogP) is 4.41. The summed E-state index contributed by atoms with van der Waals surface area (Å²) in [6.07, 6.45) is 20.8. The standard InChI is InChI=1S/C18H28O3/c1-2-3-11-14-17(19)15-12-9-7-5-4-6-8-10-13-16-18(20)21/h3-4,6-7,9,11-12,15,17,19H,2,5,8,10,13-14,16H2,1H3,(H,20,21)/b6-4-,9-7-,11-3-,15-12+. The largest absolute Gasteiger partial charge is 0.481 e. The van der Waals surface area contributed by atoms with Crippen molar-refractivity contribution in [3.05, 3.63) is 48.6 Å². The molecule has 0 radical (unpaired) electrons. The van der Waals surface area contributed by atoms with E-state index >= 15 is 0 Å². The van der Waals surface area contributed by atoms with Gasteiger partial charge in [0.1, 0.15) is 0 Å². The van der Waals surface area contributed by atoms with E-state index in [9.17, 15) is 9.90 Å². The van der Waals surface area contributed by atoms with Crippen LogP contribution in [0.2, 0.25) is 0 Å². The van der Waals surface area contributed by atoms with Crippen LogP contribution in [0, 0.1) is 0 Å². The number of aliphatic hydroxyl groups is 1. The SMILES string of the molecule is CC/C=C\CC(O)/C=C/C=C\C/C=C\CCCCC(=O)O. The van der Waals surface area contributed by atoms with Gasteiger partial charge in [-0.3, -0.25) is 4.79 Å². The number of carbonyl (C=O) groups is 1. The van der Waals surface area contributed by atoms with Gasteiger partial charge in [-0.25, -0.2) is 0 Å². The van der Waals surface area contributed by atoms with Crippen molar-refractivity contribution in [2.24, 2.45) is 0 Å². The smallest absolute Gasteiger partial charge is 0.303 e. The first-order valence-corrected chi connectivity index (χ1v) is 7.70. The lowest BCUT2D eigenvalue weighted by Gasteiger charge is -1.98. The van der Waals surface area contributed by atoms with Gasteiger partial charge < -0.3 is 10.2 Å². The van der Waals surface area contributed by atoms with Crippen molar-refractivity contribution in [3.63, 3.8) is 0 Å². The van der Waals surface area contributed by atoms with Crippen molar-refractivity contribution in [3.8, 4) is 0 Å². The van der Waals surface area contributed by atoms with Gasteiger partial charge in [-0.05, 0) is 38.5 Å². The first-order chi connectivity index (χ1) is 10.2. The molecule has 0 aliphatic heterocycles. The average molecular weight is 292 g/mol. The van der Waals surface area contributed by atoms with Gasteiger partial charge in [0, 0.05) is 6.42 Å². The highest BCUT2D eigenvalue weighted by Gasteiger charge is 1.94. The fraction of sp³-hybridized carbons (Fsp3) is 0.500. The maximum Gasteiger partial charge on any atom is 0.303 e. The molecule has 0 aromatic heterocycles. The molecule has 118 valence electrons. The third-order valence-corrected chi connectivity index (χ3v) is 2.81. The second-order valence-electron chi connectivity index (χ2n) is 4.84. The van der Waals surface area contributed by atoms with Crippen LogP contribution in [-0.2, 0) is 4.79 Å². The van der Waals surface area contributed by atoms with Gasteiger partial charge in [0.05, 0.1) is 6.10 Å². The molecule has 0 bridgehead atoms. The van der Waals surface area contributed by atoms with E-state index in [0.29, 0.717) is 6.42 Å². The molecule has 0 aliphatic rings. The van der Waals surface area contributed by atoms with Crippen LogP contribution in [0.4, 0.5) is 0 Å². The van der Waals surface area contributed by atoms with Crippen molar-refractivity contribution in [1.82, 2.24) is 0 Å². The zero-order valence-electron chi connectivity index (χ0n) is 12.9. The molecule has 0 saturated carbocycles. The third-order valence-electron chi connectivity index (χ3n) is 2.81. The highest BCUT2D eigenvalue weighted by Crippen LogP contribution is 2.01. The lowest BCUT2D eigenvalue weighted by molar-refractivity contribution is -0.137. The van der Waals surface area contributed by atoms with Gasteiger partial charge in [-0.2, -0.15) is 0 Å². The van der Waals surface area contributed by atoms with E-state index in [2.05, 4.69) is 19.1 Å². The number of allylic oxidation sites excluding steroid dienone is 6. The zero-order chi connectivity index (χ0) is 15.8. The number of aliphatic hydroxyl groups excluding tert-OH is 1. The molecule has 0 rings (SSSR count). The molecule has 0 fully saturated rings. The summed E-state index contributed by atoms with van der Waals surface area (Å²) >= 11 is 0. The molecule has 0 heterocycles. The minimum Gasteiger partial charge on any atom is -0.481 e. The molecule has 3 nitrogen and oxygen atoms in total. The number of rotatable bonds is 12. The van der Waals surface area contributed by atoms with Gasteiger partial charge in [0.25, 0.3) is 0 Å². The maximum atomic E-state index is 10.3. The Labute approximate surface area is 128 Å². The Balaban J connectivity index is 3.58. The van der Waals surface area contributed by atoms with E-state index in [-0.39, 0.29) is 6.42 Å². The van der Waals surface area contributed by atoms with Crippen LogP contribution in [0.5, 0.6) is 0 Å². The molecule has 0 aromatic rings. The van der Waals surface area contributed by atoms with Crippen LogP contribution < -0.4 is 0 Å². The Bertz CT molecular complexity index is 365. The summed E-state index contributed by atoms with van der Waals surface area (Å²) in [5.74, 6) is -0.721. The molecule has 1 atom stereocenters. The lowest BCUT2D eigenvalue weighted by Crippen LogP contribution is -1.98. The lowest BCUT2D eigenvalue weighted by atomic mass is 10.2. The second-order valence-corrected chi connectivity index (χ2v) is 4.84. The molecule has 0 aromatic carbocycles. The van der Waals surface area contributed by atoms with E-state index in [4.69, 9.17) is 5.11 Å². The minimum absolute atomic E-state index is 0.258. The summed E-state index contributed by atoms with van der Waals surface area (Å²) in [6.45, 7) is 2.07. The highest BCUT2D eigenvalue weighted by molar-refractivity contribution is 5.66. The Kier molecular flexibility index (Phi) is 13.7.